The number of anilines is 1. The summed E-state index contributed by atoms with van der Waals surface area (Å²) in [5, 5.41) is 11.0. The van der Waals surface area contributed by atoms with Crippen LogP contribution in [0.5, 0.6) is 0 Å². The zero-order valence-corrected chi connectivity index (χ0v) is 11.1. The summed E-state index contributed by atoms with van der Waals surface area (Å²) in [4.78, 5) is 14.2. The fourth-order valence-electron chi connectivity index (χ4n) is 1.48. The predicted molar refractivity (Wildman–Crippen MR) is 73.2 cm³/mol. The quantitative estimate of drug-likeness (QED) is 0.842. The lowest BCUT2D eigenvalue weighted by Crippen LogP contribution is -2.25. The molecule has 18 heavy (non-hydrogen) atoms. The van der Waals surface area contributed by atoms with E-state index in [0.717, 1.165) is 5.69 Å². The van der Waals surface area contributed by atoms with Crippen molar-refractivity contribution >= 4 is 34.5 Å². The van der Waals surface area contributed by atoms with E-state index in [1.807, 2.05) is 6.07 Å². The van der Waals surface area contributed by atoms with Crippen LogP contribution in [0.1, 0.15) is 15.2 Å². The van der Waals surface area contributed by atoms with Crippen LogP contribution in [-0.4, -0.2) is 13.0 Å². The lowest BCUT2D eigenvalue weighted by molar-refractivity contribution is 0.0997. The Kier molecular flexibility index (Phi) is 3.66. The highest BCUT2D eigenvalue weighted by atomic mass is 35.5. The van der Waals surface area contributed by atoms with E-state index in [9.17, 15) is 4.79 Å². The minimum atomic E-state index is -0.153. The van der Waals surface area contributed by atoms with Gasteiger partial charge in [0.25, 0.3) is 5.91 Å². The maximum absolute atomic E-state index is 12.2. The van der Waals surface area contributed by atoms with E-state index in [4.69, 9.17) is 16.9 Å². The highest BCUT2D eigenvalue weighted by Crippen LogP contribution is 2.25. The van der Waals surface area contributed by atoms with Crippen molar-refractivity contribution in [2.75, 3.05) is 11.9 Å². The summed E-state index contributed by atoms with van der Waals surface area (Å²) in [6.45, 7) is 0. The van der Waals surface area contributed by atoms with Crippen LogP contribution in [0.4, 0.5) is 5.69 Å². The van der Waals surface area contributed by atoms with Crippen molar-refractivity contribution in [3.8, 4) is 6.07 Å². The number of carbonyl (C=O) groups excluding carboxylic acids is 1. The smallest absolute Gasteiger partial charge is 0.269 e. The van der Waals surface area contributed by atoms with Gasteiger partial charge in [0.2, 0.25) is 0 Å². The zero-order valence-electron chi connectivity index (χ0n) is 9.55. The first-order valence-electron chi connectivity index (χ1n) is 5.14. The van der Waals surface area contributed by atoms with Crippen molar-refractivity contribution < 1.29 is 4.79 Å². The van der Waals surface area contributed by atoms with Crippen LogP contribution in [-0.2, 0) is 0 Å². The van der Waals surface area contributed by atoms with E-state index in [2.05, 4.69) is 0 Å². The highest BCUT2D eigenvalue weighted by molar-refractivity contribution is 7.12. The molecule has 1 aromatic carbocycles. The SMILES string of the molecule is CN(C(=O)c1sccc1Cl)c1ccc(C#N)cc1. The molecule has 1 amide bonds. The van der Waals surface area contributed by atoms with Gasteiger partial charge < -0.3 is 4.90 Å². The average Bonchev–Trinajstić information content (AvgIpc) is 2.83. The van der Waals surface area contributed by atoms with Crippen molar-refractivity contribution in [2.45, 2.75) is 0 Å². The van der Waals surface area contributed by atoms with Gasteiger partial charge >= 0.3 is 0 Å². The number of carbonyl (C=O) groups is 1. The van der Waals surface area contributed by atoms with E-state index >= 15 is 0 Å². The van der Waals surface area contributed by atoms with Gasteiger partial charge in [-0.1, -0.05) is 11.6 Å². The van der Waals surface area contributed by atoms with E-state index in [0.29, 0.717) is 15.5 Å². The molecule has 1 heterocycles. The molecule has 0 spiro atoms. The standard InChI is InChI=1S/C13H9ClN2OS/c1-16(10-4-2-9(8-15)3-5-10)13(17)12-11(14)6-7-18-12/h2-7H,1H3. The number of thiophene rings is 1. The maximum atomic E-state index is 12.2. The van der Waals surface area contributed by atoms with Crippen LogP contribution >= 0.6 is 22.9 Å². The van der Waals surface area contributed by atoms with Gasteiger partial charge in [0.15, 0.2) is 0 Å². The molecular weight excluding hydrogens is 268 g/mol. The summed E-state index contributed by atoms with van der Waals surface area (Å²) in [5.74, 6) is -0.153. The van der Waals surface area contributed by atoms with E-state index in [1.165, 1.54) is 16.2 Å². The molecule has 0 bridgehead atoms. The number of nitrogens with zero attached hydrogens (tertiary/aromatic N) is 2. The van der Waals surface area contributed by atoms with Crippen molar-refractivity contribution in [3.63, 3.8) is 0 Å². The molecule has 0 aliphatic heterocycles. The Morgan fingerprint density at radius 2 is 2.00 bits per heavy atom. The molecule has 1 aromatic heterocycles. The number of halogens is 1. The minimum Gasteiger partial charge on any atom is -0.311 e. The molecule has 0 N–H and O–H groups in total. The molecule has 90 valence electrons. The molecule has 0 saturated heterocycles. The Morgan fingerprint density at radius 3 is 2.50 bits per heavy atom. The largest absolute Gasteiger partial charge is 0.311 e. The number of benzene rings is 1. The number of rotatable bonds is 2. The summed E-state index contributed by atoms with van der Waals surface area (Å²) >= 11 is 7.25. The second kappa shape index (κ2) is 5.21. The van der Waals surface area contributed by atoms with Crippen LogP contribution in [0.25, 0.3) is 0 Å². The molecule has 0 aliphatic rings. The summed E-state index contributed by atoms with van der Waals surface area (Å²) in [6, 6.07) is 10.6. The Balaban J connectivity index is 2.26. The average molecular weight is 277 g/mol. The highest BCUT2D eigenvalue weighted by Gasteiger charge is 2.17. The Bertz CT molecular complexity index is 613. The van der Waals surface area contributed by atoms with E-state index < -0.39 is 0 Å². The first kappa shape index (κ1) is 12.6. The fraction of sp³-hybridized carbons (Fsp3) is 0.0769. The lowest BCUT2D eigenvalue weighted by atomic mass is 10.2. The molecule has 0 atom stereocenters. The van der Waals surface area contributed by atoms with Gasteiger partial charge in [-0.15, -0.1) is 11.3 Å². The van der Waals surface area contributed by atoms with Gasteiger partial charge in [-0.2, -0.15) is 5.26 Å². The summed E-state index contributed by atoms with van der Waals surface area (Å²) in [6.07, 6.45) is 0. The van der Waals surface area contributed by atoms with E-state index in [1.54, 1.807) is 42.8 Å². The molecule has 2 aromatic rings. The van der Waals surface area contributed by atoms with Crippen LogP contribution in [0.15, 0.2) is 35.7 Å². The topological polar surface area (TPSA) is 44.1 Å². The van der Waals surface area contributed by atoms with Crippen molar-refractivity contribution in [1.29, 1.82) is 5.26 Å². The minimum absolute atomic E-state index is 0.153. The third-order valence-corrected chi connectivity index (χ3v) is 3.83. The summed E-state index contributed by atoms with van der Waals surface area (Å²) in [5.41, 5.74) is 1.29. The van der Waals surface area contributed by atoms with Crippen LogP contribution in [0.2, 0.25) is 5.02 Å². The molecule has 0 radical (unpaired) electrons. The summed E-state index contributed by atoms with van der Waals surface area (Å²) < 4.78 is 0. The van der Waals surface area contributed by atoms with E-state index in [-0.39, 0.29) is 5.91 Å². The van der Waals surface area contributed by atoms with Crippen LogP contribution in [0, 0.1) is 11.3 Å². The van der Waals surface area contributed by atoms with Gasteiger partial charge in [0, 0.05) is 12.7 Å². The number of nitriles is 1. The lowest BCUT2D eigenvalue weighted by Gasteiger charge is -2.16. The third kappa shape index (κ3) is 2.37. The first-order chi connectivity index (χ1) is 8.63. The van der Waals surface area contributed by atoms with Crippen molar-refractivity contribution in [3.05, 3.63) is 51.2 Å². The zero-order chi connectivity index (χ0) is 13.1. The molecule has 3 nitrogen and oxygen atoms in total. The van der Waals surface area contributed by atoms with Crippen LogP contribution in [0.3, 0.4) is 0 Å². The number of hydrogen-bond acceptors (Lipinski definition) is 3. The number of amides is 1. The molecular formula is C13H9ClN2OS. The molecule has 0 unspecified atom stereocenters. The second-order valence-electron chi connectivity index (χ2n) is 3.62. The van der Waals surface area contributed by atoms with Crippen molar-refractivity contribution in [2.24, 2.45) is 0 Å². The third-order valence-electron chi connectivity index (χ3n) is 2.50. The molecule has 5 heteroatoms. The maximum Gasteiger partial charge on any atom is 0.269 e. The Hall–Kier alpha value is -1.83. The van der Waals surface area contributed by atoms with Crippen LogP contribution < -0.4 is 4.90 Å². The predicted octanol–water partition coefficient (Wildman–Crippen LogP) is 3.55. The summed E-state index contributed by atoms with van der Waals surface area (Å²) in [7, 11) is 1.68. The van der Waals surface area contributed by atoms with Gasteiger partial charge in [-0.25, -0.2) is 0 Å². The first-order valence-corrected chi connectivity index (χ1v) is 6.40. The molecule has 0 fully saturated rings. The van der Waals surface area contributed by atoms with Crippen molar-refractivity contribution in [1.82, 2.24) is 0 Å². The Morgan fingerprint density at radius 1 is 1.33 bits per heavy atom. The monoisotopic (exact) mass is 276 g/mol. The molecule has 0 saturated carbocycles. The molecule has 0 aliphatic carbocycles. The number of hydrogen-bond donors (Lipinski definition) is 0. The normalized spacial score (nSPS) is 9.83. The van der Waals surface area contributed by atoms with Gasteiger partial charge in [0.1, 0.15) is 4.88 Å². The second-order valence-corrected chi connectivity index (χ2v) is 4.94. The fourth-order valence-corrected chi connectivity index (χ4v) is 2.59. The molecule has 2 rings (SSSR count). The Labute approximate surface area is 114 Å². The van der Waals surface area contributed by atoms with Gasteiger partial charge in [-0.05, 0) is 35.7 Å². The van der Waals surface area contributed by atoms with Gasteiger partial charge in [-0.3, -0.25) is 4.79 Å². The van der Waals surface area contributed by atoms with Gasteiger partial charge in [0.05, 0.1) is 16.7 Å².